The number of oxime groups is 1. The molecule has 2 heterocycles. The van der Waals surface area contributed by atoms with Gasteiger partial charge in [-0.05, 0) is 36.8 Å². The molecule has 0 saturated heterocycles. The van der Waals surface area contributed by atoms with Gasteiger partial charge in [0, 0.05) is 28.9 Å². The summed E-state index contributed by atoms with van der Waals surface area (Å²) in [7, 11) is 0. The molecule has 132 valence electrons. The van der Waals surface area contributed by atoms with Crippen LogP contribution in [-0.4, -0.2) is 16.4 Å². The zero-order valence-electron chi connectivity index (χ0n) is 13.9. The second-order valence-corrected chi connectivity index (χ2v) is 6.90. The minimum atomic E-state index is -0.700. The monoisotopic (exact) mass is 387 g/mol. The van der Waals surface area contributed by atoms with Crippen LogP contribution in [-0.2, 0) is 11.4 Å². The van der Waals surface area contributed by atoms with Crippen LogP contribution < -0.4 is 5.32 Å². The lowest BCUT2D eigenvalue weighted by molar-refractivity contribution is 0.166. The van der Waals surface area contributed by atoms with E-state index in [4.69, 9.17) is 28.0 Å². The number of rotatable bonds is 2. The Balaban J connectivity index is 1.55. The smallest absolute Gasteiger partial charge is 0.339 e. The summed E-state index contributed by atoms with van der Waals surface area (Å²) in [6, 6.07) is 13.0. The van der Waals surface area contributed by atoms with E-state index in [1.54, 1.807) is 18.2 Å². The number of para-hydroxylation sites is 1. The van der Waals surface area contributed by atoms with Gasteiger partial charge in [-0.25, -0.2) is 4.79 Å². The lowest BCUT2D eigenvalue weighted by Gasteiger charge is -2.06. The van der Waals surface area contributed by atoms with Crippen molar-refractivity contribution in [2.75, 3.05) is 5.32 Å². The maximum atomic E-state index is 12.0. The minimum absolute atomic E-state index is 0.332. The summed E-state index contributed by atoms with van der Waals surface area (Å²) < 4.78 is 2.21. The van der Waals surface area contributed by atoms with Crippen molar-refractivity contribution in [3.63, 3.8) is 0 Å². The summed E-state index contributed by atoms with van der Waals surface area (Å²) in [6.07, 6.45) is 0.0182. The molecular formula is C19H15Cl2N3O2. The third-order valence-corrected chi connectivity index (χ3v) is 5.02. The topological polar surface area (TPSA) is 55.6 Å². The molecule has 2 aromatic carbocycles. The molecule has 7 heteroatoms. The highest BCUT2D eigenvalue weighted by atomic mass is 35.5. The molecule has 0 bridgehead atoms. The quantitative estimate of drug-likeness (QED) is 0.458. The third kappa shape index (κ3) is 2.93. The van der Waals surface area contributed by atoms with E-state index in [1.807, 2.05) is 12.1 Å². The summed E-state index contributed by atoms with van der Waals surface area (Å²) >= 11 is 11.9. The highest BCUT2D eigenvalue weighted by Crippen LogP contribution is 2.31. The SMILES string of the molecule is Cc1c2n(c3ccccc13)CCC2=NOC(=O)Nc1ccc(Cl)cc1Cl. The number of amides is 1. The molecule has 5 nitrogen and oxygen atoms in total. The molecule has 0 aliphatic carbocycles. The largest absolute Gasteiger partial charge is 0.437 e. The summed E-state index contributed by atoms with van der Waals surface area (Å²) in [5, 5.41) is 8.65. The van der Waals surface area contributed by atoms with Crippen molar-refractivity contribution < 1.29 is 9.63 Å². The van der Waals surface area contributed by atoms with E-state index in [9.17, 15) is 4.79 Å². The van der Waals surface area contributed by atoms with Crippen molar-refractivity contribution >= 4 is 51.6 Å². The van der Waals surface area contributed by atoms with Gasteiger partial charge in [0.15, 0.2) is 0 Å². The predicted octanol–water partition coefficient (Wildman–Crippen LogP) is 5.61. The second kappa shape index (κ2) is 6.67. The Kier molecular flexibility index (Phi) is 4.34. The summed E-state index contributed by atoms with van der Waals surface area (Å²) in [5.74, 6) is 0. The van der Waals surface area contributed by atoms with Gasteiger partial charge in [0.25, 0.3) is 0 Å². The lowest BCUT2D eigenvalue weighted by atomic mass is 10.1. The van der Waals surface area contributed by atoms with Crippen LogP contribution in [0.2, 0.25) is 10.0 Å². The number of carbonyl (C=O) groups excluding carboxylic acids is 1. The Labute approximate surface area is 160 Å². The molecule has 0 radical (unpaired) electrons. The van der Waals surface area contributed by atoms with Crippen molar-refractivity contribution in [1.82, 2.24) is 4.57 Å². The summed E-state index contributed by atoms with van der Waals surface area (Å²) in [6.45, 7) is 2.87. The first-order valence-electron chi connectivity index (χ1n) is 8.12. The van der Waals surface area contributed by atoms with Gasteiger partial charge in [0.1, 0.15) is 5.71 Å². The number of nitrogens with one attached hydrogen (secondary N) is 1. The van der Waals surface area contributed by atoms with E-state index in [0.717, 1.165) is 29.9 Å². The minimum Gasteiger partial charge on any atom is -0.339 e. The van der Waals surface area contributed by atoms with Crippen LogP contribution in [0.5, 0.6) is 0 Å². The molecule has 3 aromatic rings. The van der Waals surface area contributed by atoms with Gasteiger partial charge in [-0.3, -0.25) is 10.2 Å². The highest BCUT2D eigenvalue weighted by molar-refractivity contribution is 6.36. The van der Waals surface area contributed by atoms with Gasteiger partial charge < -0.3 is 4.57 Å². The van der Waals surface area contributed by atoms with Crippen molar-refractivity contribution in [2.45, 2.75) is 19.9 Å². The highest BCUT2D eigenvalue weighted by Gasteiger charge is 2.25. The summed E-state index contributed by atoms with van der Waals surface area (Å²) in [5.41, 5.74) is 4.50. The number of benzene rings is 2. The molecular weight excluding hydrogens is 373 g/mol. The van der Waals surface area contributed by atoms with Crippen molar-refractivity contribution in [1.29, 1.82) is 0 Å². The number of fused-ring (bicyclic) bond motifs is 3. The molecule has 1 aliphatic heterocycles. The molecule has 0 unspecified atom stereocenters. The van der Waals surface area contributed by atoms with Gasteiger partial charge >= 0.3 is 6.09 Å². The molecule has 0 saturated carbocycles. The Morgan fingerprint density at radius 3 is 2.85 bits per heavy atom. The van der Waals surface area contributed by atoms with Gasteiger partial charge in [0.05, 0.1) is 16.4 Å². The molecule has 26 heavy (non-hydrogen) atoms. The standard InChI is InChI=1S/C19H15Cl2N3O2/c1-11-13-4-2-3-5-17(13)24-9-8-16(18(11)24)23-26-19(25)22-15-7-6-12(20)10-14(15)21/h2-7,10H,8-9H2,1H3,(H,22,25). The van der Waals surface area contributed by atoms with E-state index in [-0.39, 0.29) is 0 Å². The van der Waals surface area contributed by atoms with Crippen LogP contribution in [0.25, 0.3) is 10.9 Å². The van der Waals surface area contributed by atoms with Gasteiger partial charge in [0.2, 0.25) is 0 Å². The van der Waals surface area contributed by atoms with Crippen molar-refractivity contribution in [2.24, 2.45) is 5.16 Å². The number of hydrogen-bond acceptors (Lipinski definition) is 3. The van der Waals surface area contributed by atoms with E-state index in [0.29, 0.717) is 15.7 Å². The Morgan fingerprint density at radius 2 is 2.04 bits per heavy atom. The fourth-order valence-corrected chi connectivity index (χ4v) is 3.78. The molecule has 1 aliphatic rings. The number of hydrogen-bond donors (Lipinski definition) is 1. The summed E-state index contributed by atoms with van der Waals surface area (Å²) in [4.78, 5) is 17.1. The maximum absolute atomic E-state index is 12.0. The van der Waals surface area contributed by atoms with E-state index < -0.39 is 6.09 Å². The fourth-order valence-electron chi connectivity index (χ4n) is 3.33. The fraction of sp³-hybridized carbons (Fsp3) is 0.158. The van der Waals surface area contributed by atoms with Crippen LogP contribution in [0.1, 0.15) is 17.7 Å². The zero-order chi connectivity index (χ0) is 18.3. The van der Waals surface area contributed by atoms with Crippen LogP contribution in [0, 0.1) is 6.92 Å². The number of halogens is 2. The molecule has 1 N–H and O–H groups in total. The van der Waals surface area contributed by atoms with E-state index in [1.165, 1.54) is 10.9 Å². The molecule has 1 aromatic heterocycles. The molecule has 0 atom stereocenters. The first-order chi connectivity index (χ1) is 12.5. The predicted molar refractivity (Wildman–Crippen MR) is 104 cm³/mol. The number of nitrogens with zero attached hydrogens (tertiary/aromatic N) is 2. The molecule has 1 amide bonds. The zero-order valence-corrected chi connectivity index (χ0v) is 15.4. The van der Waals surface area contributed by atoms with Gasteiger partial charge in [-0.2, -0.15) is 0 Å². The number of aromatic nitrogens is 1. The van der Waals surface area contributed by atoms with Crippen LogP contribution in [0.3, 0.4) is 0 Å². The Hall–Kier alpha value is -2.50. The van der Waals surface area contributed by atoms with Crippen LogP contribution in [0.15, 0.2) is 47.6 Å². The first kappa shape index (κ1) is 16.9. The maximum Gasteiger partial charge on any atom is 0.437 e. The Morgan fingerprint density at radius 1 is 1.23 bits per heavy atom. The van der Waals surface area contributed by atoms with E-state index >= 15 is 0 Å². The average molecular weight is 388 g/mol. The number of aryl methyl sites for hydroxylation is 2. The lowest BCUT2D eigenvalue weighted by Crippen LogP contribution is -2.12. The molecule has 0 fully saturated rings. The number of carbonyl (C=O) groups is 1. The van der Waals surface area contributed by atoms with Crippen LogP contribution in [0.4, 0.5) is 10.5 Å². The van der Waals surface area contributed by atoms with Crippen LogP contribution >= 0.6 is 23.2 Å². The van der Waals surface area contributed by atoms with Crippen molar-refractivity contribution in [3.8, 4) is 0 Å². The first-order valence-corrected chi connectivity index (χ1v) is 8.88. The average Bonchev–Trinajstić information content (AvgIpc) is 3.16. The normalized spacial score (nSPS) is 14.7. The second-order valence-electron chi connectivity index (χ2n) is 6.06. The van der Waals surface area contributed by atoms with Gasteiger partial charge in [-0.1, -0.05) is 46.6 Å². The van der Waals surface area contributed by atoms with Gasteiger partial charge in [-0.15, -0.1) is 0 Å². The van der Waals surface area contributed by atoms with Crippen molar-refractivity contribution in [3.05, 3.63) is 63.8 Å². The third-order valence-electron chi connectivity index (χ3n) is 4.48. The van der Waals surface area contributed by atoms with E-state index in [2.05, 4.69) is 34.1 Å². The Bertz CT molecular complexity index is 1060. The number of anilines is 1. The molecule has 0 spiro atoms. The molecule has 4 rings (SSSR count).